The lowest BCUT2D eigenvalue weighted by Gasteiger charge is -2.12. The molecule has 0 aromatic heterocycles. The average molecular weight is 446 g/mol. The second kappa shape index (κ2) is 8.76. The minimum atomic E-state index is -0.257. The van der Waals surface area contributed by atoms with E-state index in [4.69, 9.17) is 4.74 Å². The molecule has 0 bridgehead atoms. The molecule has 1 heterocycles. The van der Waals surface area contributed by atoms with Gasteiger partial charge in [-0.1, -0.05) is 47.1 Å². The fourth-order valence-corrected chi connectivity index (χ4v) is 3.62. The van der Waals surface area contributed by atoms with Crippen LogP contribution in [0.1, 0.15) is 31.4 Å². The summed E-state index contributed by atoms with van der Waals surface area (Å²) in [6.07, 6.45) is 2.85. The number of nitrogens with zero attached hydrogens (tertiary/aromatic N) is 1. The molecule has 0 radical (unpaired) electrons. The Morgan fingerprint density at radius 3 is 2.41 bits per heavy atom. The zero-order valence-corrected chi connectivity index (χ0v) is 17.5. The smallest absolute Gasteiger partial charge is 0.293 e. The van der Waals surface area contributed by atoms with Gasteiger partial charge in [0.05, 0.1) is 17.6 Å². The summed E-state index contributed by atoms with van der Waals surface area (Å²) in [6.45, 7) is 4.37. The summed E-state index contributed by atoms with van der Waals surface area (Å²) in [5.74, 6) is 0.540. The van der Waals surface area contributed by atoms with Crippen molar-refractivity contribution in [1.82, 2.24) is 4.90 Å². The van der Waals surface area contributed by atoms with Gasteiger partial charge in [0.15, 0.2) is 0 Å². The second-order valence-corrected chi connectivity index (χ2v) is 8.21. The van der Waals surface area contributed by atoms with Crippen molar-refractivity contribution in [2.75, 3.05) is 0 Å². The van der Waals surface area contributed by atoms with Crippen molar-refractivity contribution >= 4 is 44.9 Å². The minimum Gasteiger partial charge on any atom is -0.491 e. The van der Waals surface area contributed by atoms with Gasteiger partial charge in [0.25, 0.3) is 11.1 Å². The molecule has 0 spiro atoms. The van der Waals surface area contributed by atoms with Crippen LogP contribution >= 0.6 is 27.7 Å². The van der Waals surface area contributed by atoms with Gasteiger partial charge in [0, 0.05) is 4.47 Å². The van der Waals surface area contributed by atoms with Gasteiger partial charge < -0.3 is 4.74 Å². The first-order valence-electron chi connectivity index (χ1n) is 8.73. The van der Waals surface area contributed by atoms with Crippen LogP contribution in [-0.4, -0.2) is 22.2 Å². The van der Waals surface area contributed by atoms with Gasteiger partial charge in [-0.25, -0.2) is 0 Å². The summed E-state index contributed by atoms with van der Waals surface area (Å²) < 4.78 is 6.72. The van der Waals surface area contributed by atoms with E-state index in [2.05, 4.69) is 22.9 Å². The van der Waals surface area contributed by atoms with E-state index in [9.17, 15) is 9.59 Å². The van der Waals surface area contributed by atoms with Crippen molar-refractivity contribution in [3.05, 3.63) is 69.0 Å². The van der Waals surface area contributed by atoms with Gasteiger partial charge in [-0.15, -0.1) is 0 Å². The molecular formula is C21H20BrNO3S. The van der Waals surface area contributed by atoms with E-state index in [1.54, 1.807) is 6.08 Å². The summed E-state index contributed by atoms with van der Waals surface area (Å²) in [7, 11) is 0. The summed E-state index contributed by atoms with van der Waals surface area (Å²) in [6, 6.07) is 15.1. The van der Waals surface area contributed by atoms with Crippen molar-refractivity contribution in [3.63, 3.8) is 0 Å². The highest BCUT2D eigenvalue weighted by Crippen LogP contribution is 2.33. The summed E-state index contributed by atoms with van der Waals surface area (Å²) in [5.41, 5.74) is 1.77. The van der Waals surface area contributed by atoms with E-state index in [0.717, 1.165) is 39.5 Å². The van der Waals surface area contributed by atoms with Gasteiger partial charge in [0.1, 0.15) is 5.75 Å². The number of hydrogen-bond donors (Lipinski definition) is 0. The molecule has 2 amide bonds. The Morgan fingerprint density at radius 2 is 1.78 bits per heavy atom. The van der Waals surface area contributed by atoms with Crippen LogP contribution in [0.3, 0.4) is 0 Å². The predicted molar refractivity (Wildman–Crippen MR) is 112 cm³/mol. The number of carbonyl (C=O) groups is 2. The van der Waals surface area contributed by atoms with Crippen molar-refractivity contribution < 1.29 is 14.3 Å². The number of thioether (sulfide) groups is 1. The Morgan fingerprint density at radius 1 is 1.11 bits per heavy atom. The van der Waals surface area contributed by atoms with E-state index < -0.39 is 0 Å². The van der Waals surface area contributed by atoms with Crippen LogP contribution in [0.25, 0.3) is 6.08 Å². The lowest BCUT2D eigenvalue weighted by atomic mass is 10.2. The van der Waals surface area contributed by atoms with E-state index in [1.807, 2.05) is 55.5 Å². The van der Waals surface area contributed by atoms with Crippen LogP contribution < -0.4 is 4.74 Å². The van der Waals surface area contributed by atoms with Gasteiger partial charge in [-0.3, -0.25) is 14.5 Å². The fourth-order valence-electron chi connectivity index (χ4n) is 2.52. The van der Waals surface area contributed by atoms with Crippen LogP contribution in [0.2, 0.25) is 0 Å². The van der Waals surface area contributed by atoms with Crippen LogP contribution in [0.5, 0.6) is 5.75 Å². The molecule has 2 aromatic rings. The number of hydrogen-bond acceptors (Lipinski definition) is 4. The SMILES string of the molecule is CCC(C)Oc1ccc(/C=C2\SC(=O)N(Cc3ccc(Br)cc3)C2=O)cc1. The molecule has 1 unspecified atom stereocenters. The molecule has 1 saturated heterocycles. The molecule has 0 N–H and O–H groups in total. The normalized spacial score (nSPS) is 16.9. The molecule has 0 saturated carbocycles. The summed E-state index contributed by atoms with van der Waals surface area (Å²) in [5, 5.41) is -0.245. The lowest BCUT2D eigenvalue weighted by Crippen LogP contribution is -2.27. The molecule has 27 heavy (non-hydrogen) atoms. The highest BCUT2D eigenvalue weighted by molar-refractivity contribution is 9.10. The number of imide groups is 1. The number of halogens is 1. The summed E-state index contributed by atoms with van der Waals surface area (Å²) in [4.78, 5) is 26.6. The van der Waals surface area contributed by atoms with E-state index in [-0.39, 0.29) is 23.8 Å². The molecule has 1 atom stereocenters. The zero-order chi connectivity index (χ0) is 19.4. The quantitative estimate of drug-likeness (QED) is 0.522. The molecule has 0 aliphatic carbocycles. The molecular weight excluding hydrogens is 426 g/mol. The molecule has 4 nitrogen and oxygen atoms in total. The van der Waals surface area contributed by atoms with Gasteiger partial charge in [0.2, 0.25) is 0 Å². The monoisotopic (exact) mass is 445 g/mol. The first-order valence-corrected chi connectivity index (χ1v) is 10.3. The first-order chi connectivity index (χ1) is 13.0. The predicted octanol–water partition coefficient (Wildman–Crippen LogP) is 5.86. The number of ether oxygens (including phenoxy) is 1. The molecule has 1 aliphatic rings. The first kappa shape index (κ1) is 19.7. The van der Waals surface area contributed by atoms with Gasteiger partial charge >= 0.3 is 0 Å². The Hall–Kier alpha value is -2.05. The molecule has 2 aromatic carbocycles. The van der Waals surface area contributed by atoms with Crippen LogP contribution in [0.15, 0.2) is 57.9 Å². The van der Waals surface area contributed by atoms with Crippen molar-refractivity contribution in [2.45, 2.75) is 32.9 Å². The standard InChI is InChI=1S/C21H20BrNO3S/c1-3-14(2)26-18-10-6-15(7-11-18)12-19-20(24)23(21(25)27-19)13-16-4-8-17(22)9-5-16/h4-12,14H,3,13H2,1-2H3/b19-12-. The number of amides is 2. The number of carbonyl (C=O) groups excluding carboxylic acids is 2. The Bertz CT molecular complexity index is 862. The third kappa shape index (κ3) is 5.02. The zero-order valence-electron chi connectivity index (χ0n) is 15.1. The second-order valence-electron chi connectivity index (χ2n) is 6.30. The Labute approximate surface area is 171 Å². The van der Waals surface area contributed by atoms with Crippen molar-refractivity contribution in [1.29, 1.82) is 0 Å². The topological polar surface area (TPSA) is 46.6 Å². The van der Waals surface area contributed by atoms with E-state index >= 15 is 0 Å². The van der Waals surface area contributed by atoms with Crippen molar-refractivity contribution in [3.8, 4) is 5.75 Å². The molecule has 6 heteroatoms. The minimum absolute atomic E-state index is 0.158. The fraction of sp³-hybridized carbons (Fsp3) is 0.238. The summed E-state index contributed by atoms with van der Waals surface area (Å²) >= 11 is 4.36. The maximum absolute atomic E-state index is 12.6. The lowest BCUT2D eigenvalue weighted by molar-refractivity contribution is -0.123. The number of benzene rings is 2. The highest BCUT2D eigenvalue weighted by atomic mass is 79.9. The molecule has 3 rings (SSSR count). The maximum atomic E-state index is 12.6. The average Bonchev–Trinajstić information content (AvgIpc) is 2.92. The Balaban J connectivity index is 1.71. The molecule has 140 valence electrons. The van der Waals surface area contributed by atoms with E-state index in [1.165, 1.54) is 4.90 Å². The van der Waals surface area contributed by atoms with Gasteiger partial charge in [-0.05, 0) is 66.6 Å². The molecule has 1 fully saturated rings. The largest absolute Gasteiger partial charge is 0.491 e. The van der Waals surface area contributed by atoms with E-state index in [0.29, 0.717) is 4.91 Å². The van der Waals surface area contributed by atoms with Gasteiger partial charge in [-0.2, -0.15) is 0 Å². The highest BCUT2D eigenvalue weighted by Gasteiger charge is 2.34. The third-order valence-corrected chi connectivity index (χ3v) is 5.65. The van der Waals surface area contributed by atoms with Crippen LogP contribution in [0, 0.1) is 0 Å². The maximum Gasteiger partial charge on any atom is 0.293 e. The van der Waals surface area contributed by atoms with Crippen molar-refractivity contribution in [2.24, 2.45) is 0 Å². The van der Waals surface area contributed by atoms with Crippen LogP contribution in [-0.2, 0) is 11.3 Å². The van der Waals surface area contributed by atoms with Crippen LogP contribution in [0.4, 0.5) is 4.79 Å². The number of rotatable bonds is 6. The Kier molecular flexibility index (Phi) is 6.39. The molecule has 1 aliphatic heterocycles. The third-order valence-electron chi connectivity index (χ3n) is 4.22.